The molecule has 0 atom stereocenters. The lowest BCUT2D eigenvalue weighted by Gasteiger charge is -2.37. The molecule has 1 spiro atoms. The van der Waals surface area contributed by atoms with Gasteiger partial charge in [0.15, 0.2) is 5.43 Å². The third-order valence-corrected chi connectivity index (χ3v) is 5.32. The highest BCUT2D eigenvalue weighted by molar-refractivity contribution is 5.98. The molecule has 2 heterocycles. The zero-order valence-electron chi connectivity index (χ0n) is 13.4. The number of fused-ring (bicyclic) bond motifs is 1. The quantitative estimate of drug-likeness (QED) is 0.796. The monoisotopic (exact) mass is 325 g/mol. The average Bonchev–Trinajstić information content (AvgIpc) is 2.99. The first-order valence-corrected chi connectivity index (χ1v) is 8.41. The summed E-state index contributed by atoms with van der Waals surface area (Å²) in [5, 5.41) is 0.502. The molecule has 2 fully saturated rings. The van der Waals surface area contributed by atoms with Crippen LogP contribution in [-0.2, 0) is 16.1 Å². The number of hydrogen-bond acceptors (Lipinski definition) is 4. The molecule has 1 aliphatic heterocycles. The molecule has 0 unspecified atom stereocenters. The van der Waals surface area contributed by atoms with Crippen LogP contribution in [0.1, 0.15) is 44.3 Å². The van der Waals surface area contributed by atoms with Crippen molar-refractivity contribution >= 4 is 22.8 Å². The van der Waals surface area contributed by atoms with Crippen molar-refractivity contribution in [1.82, 2.24) is 4.90 Å². The lowest BCUT2D eigenvalue weighted by Crippen LogP contribution is -2.46. The Balaban J connectivity index is 1.60. The van der Waals surface area contributed by atoms with Crippen LogP contribution < -0.4 is 5.43 Å². The van der Waals surface area contributed by atoms with E-state index >= 15 is 0 Å². The maximum absolute atomic E-state index is 12.5. The van der Waals surface area contributed by atoms with E-state index in [4.69, 9.17) is 4.42 Å². The molecule has 1 saturated carbocycles. The van der Waals surface area contributed by atoms with Gasteiger partial charge in [0.05, 0.1) is 11.9 Å². The largest absolute Gasteiger partial charge is 0.459 e. The molecule has 1 aliphatic carbocycles. The molecule has 24 heavy (non-hydrogen) atoms. The zero-order valence-corrected chi connectivity index (χ0v) is 13.4. The van der Waals surface area contributed by atoms with E-state index in [0.717, 1.165) is 25.7 Å². The number of nitrogens with zero attached hydrogens (tertiary/aromatic N) is 1. The number of amides is 2. The normalized spacial score (nSPS) is 20.2. The van der Waals surface area contributed by atoms with Crippen LogP contribution in [0.2, 0.25) is 0 Å². The van der Waals surface area contributed by atoms with E-state index < -0.39 is 0 Å². The van der Waals surface area contributed by atoms with Gasteiger partial charge in [0.25, 0.3) is 0 Å². The Labute approximate surface area is 139 Å². The van der Waals surface area contributed by atoms with Crippen molar-refractivity contribution in [1.29, 1.82) is 0 Å². The van der Waals surface area contributed by atoms with Crippen LogP contribution in [0.5, 0.6) is 0 Å². The molecule has 5 heteroatoms. The van der Waals surface area contributed by atoms with Crippen molar-refractivity contribution in [3.05, 3.63) is 46.3 Å². The lowest BCUT2D eigenvalue weighted by atomic mass is 9.76. The van der Waals surface area contributed by atoms with Gasteiger partial charge in [0.1, 0.15) is 11.3 Å². The first kappa shape index (κ1) is 15.1. The first-order chi connectivity index (χ1) is 11.6. The number of benzene rings is 1. The van der Waals surface area contributed by atoms with Gasteiger partial charge in [-0.3, -0.25) is 19.3 Å². The summed E-state index contributed by atoms with van der Waals surface area (Å²) in [6.45, 7) is 0.0355. The number of rotatable bonds is 2. The first-order valence-electron chi connectivity index (χ1n) is 8.41. The number of hydrogen-bond donors (Lipinski definition) is 0. The number of piperidine rings is 1. The standard InChI is InChI=1S/C19H19NO4/c21-15-9-13(24-16-6-2-1-5-14(15)16)12-20-17(22)10-19(11-18(20)23)7-3-4-8-19/h1-2,5-6,9H,3-4,7-8,10-12H2. The molecule has 0 bridgehead atoms. The number of imide groups is 1. The van der Waals surface area contributed by atoms with E-state index in [1.54, 1.807) is 24.3 Å². The number of para-hydroxylation sites is 1. The van der Waals surface area contributed by atoms with Gasteiger partial charge in [0.2, 0.25) is 11.8 Å². The molecular formula is C19H19NO4. The Kier molecular flexibility index (Phi) is 3.52. The minimum atomic E-state index is -0.156. The van der Waals surface area contributed by atoms with E-state index in [1.807, 2.05) is 0 Å². The summed E-state index contributed by atoms with van der Waals surface area (Å²) in [5.74, 6) is 0.0516. The van der Waals surface area contributed by atoms with Crippen molar-refractivity contribution in [3.8, 4) is 0 Å². The molecule has 2 aliphatic rings. The Bertz CT molecular complexity index is 856. The summed E-state index contributed by atoms with van der Waals surface area (Å²) in [6, 6.07) is 8.36. The van der Waals surface area contributed by atoms with Gasteiger partial charge in [-0.1, -0.05) is 25.0 Å². The topological polar surface area (TPSA) is 67.6 Å². The summed E-state index contributed by atoms with van der Waals surface area (Å²) < 4.78 is 5.71. The van der Waals surface area contributed by atoms with Gasteiger partial charge >= 0.3 is 0 Å². The van der Waals surface area contributed by atoms with Crippen LogP contribution in [0.25, 0.3) is 11.0 Å². The maximum Gasteiger partial charge on any atom is 0.230 e. The number of likely N-dealkylation sites (tertiary alicyclic amines) is 1. The van der Waals surface area contributed by atoms with E-state index in [9.17, 15) is 14.4 Å². The third-order valence-electron chi connectivity index (χ3n) is 5.32. The second-order valence-electron chi connectivity index (χ2n) is 7.01. The van der Waals surface area contributed by atoms with Crippen LogP contribution in [0, 0.1) is 5.41 Å². The van der Waals surface area contributed by atoms with Crippen molar-refractivity contribution < 1.29 is 14.0 Å². The van der Waals surface area contributed by atoms with Crippen molar-refractivity contribution in [3.63, 3.8) is 0 Å². The summed E-state index contributed by atoms with van der Waals surface area (Å²) in [4.78, 5) is 38.4. The highest BCUT2D eigenvalue weighted by Gasteiger charge is 2.45. The lowest BCUT2D eigenvalue weighted by molar-refractivity contribution is -0.154. The molecule has 2 aromatic rings. The van der Waals surface area contributed by atoms with Crippen molar-refractivity contribution in [2.45, 2.75) is 45.1 Å². The number of carbonyl (C=O) groups is 2. The molecule has 5 nitrogen and oxygen atoms in total. The van der Waals surface area contributed by atoms with Crippen molar-refractivity contribution in [2.75, 3.05) is 0 Å². The highest BCUT2D eigenvalue weighted by Crippen LogP contribution is 2.47. The molecule has 1 aromatic carbocycles. The fourth-order valence-corrected chi connectivity index (χ4v) is 4.08. The van der Waals surface area contributed by atoms with Gasteiger partial charge < -0.3 is 4.42 Å². The van der Waals surface area contributed by atoms with E-state index in [1.165, 1.54) is 11.0 Å². The fraction of sp³-hybridized carbons (Fsp3) is 0.421. The second kappa shape index (κ2) is 5.58. The van der Waals surface area contributed by atoms with E-state index in [0.29, 0.717) is 29.6 Å². The molecule has 0 N–H and O–H groups in total. The second-order valence-corrected chi connectivity index (χ2v) is 7.01. The highest BCUT2D eigenvalue weighted by atomic mass is 16.3. The van der Waals surface area contributed by atoms with Gasteiger partial charge in [-0.05, 0) is 30.4 Å². The summed E-state index contributed by atoms with van der Waals surface area (Å²) in [5.41, 5.74) is 0.203. The predicted octanol–water partition coefficient (Wildman–Crippen LogP) is 3.00. The molecule has 124 valence electrons. The third kappa shape index (κ3) is 2.54. The number of carbonyl (C=O) groups excluding carboxylic acids is 2. The molecular weight excluding hydrogens is 306 g/mol. The minimum Gasteiger partial charge on any atom is -0.459 e. The SMILES string of the molecule is O=C1CC2(CCCC2)CC(=O)N1Cc1cc(=O)c2ccccc2o1. The van der Waals surface area contributed by atoms with Gasteiger partial charge in [0, 0.05) is 18.9 Å². The van der Waals surface area contributed by atoms with Crippen LogP contribution >= 0.6 is 0 Å². The fourth-order valence-electron chi connectivity index (χ4n) is 4.08. The predicted molar refractivity (Wildman–Crippen MR) is 88.2 cm³/mol. The smallest absolute Gasteiger partial charge is 0.230 e. The van der Waals surface area contributed by atoms with Crippen LogP contribution in [0.3, 0.4) is 0 Å². The van der Waals surface area contributed by atoms with Crippen molar-refractivity contribution in [2.24, 2.45) is 5.41 Å². The van der Waals surface area contributed by atoms with E-state index in [2.05, 4.69) is 0 Å². The maximum atomic E-state index is 12.5. The molecule has 2 amide bonds. The summed E-state index contributed by atoms with van der Waals surface area (Å²) in [7, 11) is 0. The van der Waals surface area contributed by atoms with Crippen LogP contribution in [0.15, 0.2) is 39.5 Å². The van der Waals surface area contributed by atoms with Crippen LogP contribution in [0.4, 0.5) is 0 Å². The Morgan fingerprint density at radius 1 is 1.00 bits per heavy atom. The minimum absolute atomic E-state index is 0.0355. The van der Waals surface area contributed by atoms with E-state index in [-0.39, 0.29) is 29.2 Å². The van der Waals surface area contributed by atoms with Crippen LogP contribution in [-0.4, -0.2) is 16.7 Å². The van der Waals surface area contributed by atoms with Gasteiger partial charge in [-0.2, -0.15) is 0 Å². The zero-order chi connectivity index (χ0) is 16.7. The molecule has 1 saturated heterocycles. The molecule has 0 radical (unpaired) electrons. The summed E-state index contributed by atoms with van der Waals surface area (Å²) >= 11 is 0. The Hall–Kier alpha value is -2.43. The summed E-state index contributed by atoms with van der Waals surface area (Å²) in [6.07, 6.45) is 4.97. The van der Waals surface area contributed by atoms with Gasteiger partial charge in [-0.25, -0.2) is 0 Å². The van der Waals surface area contributed by atoms with Gasteiger partial charge in [-0.15, -0.1) is 0 Å². The molecule has 4 rings (SSSR count). The average molecular weight is 325 g/mol. The Morgan fingerprint density at radius 2 is 1.67 bits per heavy atom. The molecule has 1 aromatic heterocycles. The Morgan fingerprint density at radius 3 is 2.38 bits per heavy atom.